The molecule has 1 unspecified atom stereocenters. The van der Waals surface area contributed by atoms with Gasteiger partial charge in [0.25, 0.3) is 0 Å². The van der Waals surface area contributed by atoms with Crippen LogP contribution in [0.4, 0.5) is 5.69 Å². The molecular formula is C17H28N4O2. The standard InChI is InChI=1S/C17H28N4O2/c1-5-7-16(22)21-15-9-6-8-14(10-15)11-19-17(18-3)20-13(2)12-23-4/h6,8-10,13H,5,7,11-12H2,1-4H3,(H,21,22)(H2,18,19,20). The summed E-state index contributed by atoms with van der Waals surface area (Å²) in [4.78, 5) is 15.8. The van der Waals surface area contributed by atoms with Crippen molar-refractivity contribution in [2.75, 3.05) is 26.1 Å². The van der Waals surface area contributed by atoms with Gasteiger partial charge in [-0.05, 0) is 31.0 Å². The van der Waals surface area contributed by atoms with Gasteiger partial charge in [0.1, 0.15) is 0 Å². The van der Waals surface area contributed by atoms with Gasteiger partial charge >= 0.3 is 0 Å². The summed E-state index contributed by atoms with van der Waals surface area (Å²) >= 11 is 0. The zero-order chi connectivity index (χ0) is 17.1. The summed E-state index contributed by atoms with van der Waals surface area (Å²) in [7, 11) is 3.41. The number of hydrogen-bond donors (Lipinski definition) is 3. The van der Waals surface area contributed by atoms with Crippen molar-refractivity contribution in [3.05, 3.63) is 29.8 Å². The minimum Gasteiger partial charge on any atom is -0.383 e. The molecule has 0 saturated heterocycles. The molecule has 1 rings (SSSR count). The van der Waals surface area contributed by atoms with Crippen LogP contribution in [0, 0.1) is 0 Å². The molecule has 0 aromatic heterocycles. The lowest BCUT2D eigenvalue weighted by atomic mass is 10.2. The first kappa shape index (κ1) is 19.0. The minimum atomic E-state index is 0.0449. The average molecular weight is 320 g/mol. The minimum absolute atomic E-state index is 0.0449. The van der Waals surface area contributed by atoms with Gasteiger partial charge in [0.15, 0.2) is 5.96 Å². The van der Waals surface area contributed by atoms with Crippen LogP contribution >= 0.6 is 0 Å². The quantitative estimate of drug-likeness (QED) is 0.507. The second-order valence-electron chi connectivity index (χ2n) is 5.43. The van der Waals surface area contributed by atoms with Gasteiger partial charge in [-0.25, -0.2) is 0 Å². The molecular weight excluding hydrogens is 292 g/mol. The fraction of sp³-hybridized carbons (Fsp3) is 0.529. The predicted molar refractivity (Wildman–Crippen MR) is 94.7 cm³/mol. The summed E-state index contributed by atoms with van der Waals surface area (Å²) in [5.74, 6) is 0.762. The highest BCUT2D eigenvalue weighted by molar-refractivity contribution is 5.90. The second kappa shape index (κ2) is 10.6. The molecule has 0 heterocycles. The summed E-state index contributed by atoms with van der Waals surface area (Å²) in [5.41, 5.74) is 1.89. The van der Waals surface area contributed by atoms with E-state index in [0.29, 0.717) is 19.6 Å². The molecule has 1 aromatic rings. The van der Waals surface area contributed by atoms with Crippen molar-refractivity contribution < 1.29 is 9.53 Å². The molecule has 0 aliphatic carbocycles. The normalized spacial score (nSPS) is 12.6. The third kappa shape index (κ3) is 7.65. The van der Waals surface area contributed by atoms with Gasteiger partial charge in [0.2, 0.25) is 5.91 Å². The number of benzene rings is 1. The molecule has 0 bridgehead atoms. The van der Waals surface area contributed by atoms with E-state index in [1.54, 1.807) is 14.2 Å². The van der Waals surface area contributed by atoms with E-state index in [2.05, 4.69) is 20.9 Å². The number of rotatable bonds is 8. The van der Waals surface area contributed by atoms with E-state index in [1.165, 1.54) is 0 Å². The Bertz CT molecular complexity index is 517. The Morgan fingerprint density at radius 2 is 2.17 bits per heavy atom. The lowest BCUT2D eigenvalue weighted by molar-refractivity contribution is -0.116. The van der Waals surface area contributed by atoms with E-state index in [1.807, 2.05) is 38.1 Å². The Labute approximate surface area is 138 Å². The van der Waals surface area contributed by atoms with E-state index in [9.17, 15) is 4.79 Å². The van der Waals surface area contributed by atoms with E-state index in [-0.39, 0.29) is 11.9 Å². The number of ether oxygens (including phenoxy) is 1. The Balaban J connectivity index is 2.55. The number of guanidine groups is 1. The highest BCUT2D eigenvalue weighted by Gasteiger charge is 2.05. The fourth-order valence-electron chi connectivity index (χ4n) is 2.12. The van der Waals surface area contributed by atoms with Crippen LogP contribution in [0.5, 0.6) is 0 Å². The van der Waals surface area contributed by atoms with Crippen molar-refractivity contribution in [2.45, 2.75) is 39.3 Å². The van der Waals surface area contributed by atoms with Gasteiger partial charge in [0, 0.05) is 38.9 Å². The Kier molecular flexibility index (Phi) is 8.75. The highest BCUT2D eigenvalue weighted by Crippen LogP contribution is 2.11. The van der Waals surface area contributed by atoms with Crippen molar-refractivity contribution in [3.8, 4) is 0 Å². The molecule has 1 amide bonds. The van der Waals surface area contributed by atoms with Gasteiger partial charge < -0.3 is 20.7 Å². The number of methoxy groups -OCH3 is 1. The SMILES string of the molecule is CCCC(=O)Nc1cccc(CNC(=NC)NC(C)COC)c1. The summed E-state index contributed by atoms with van der Waals surface area (Å²) < 4.78 is 5.10. The number of nitrogens with one attached hydrogen (secondary N) is 3. The number of nitrogens with zero attached hydrogens (tertiary/aromatic N) is 1. The molecule has 0 saturated carbocycles. The van der Waals surface area contributed by atoms with Crippen LogP contribution < -0.4 is 16.0 Å². The van der Waals surface area contributed by atoms with E-state index >= 15 is 0 Å². The summed E-state index contributed by atoms with van der Waals surface area (Å²) in [5, 5.41) is 9.40. The maximum absolute atomic E-state index is 11.7. The molecule has 1 atom stereocenters. The average Bonchev–Trinajstić information content (AvgIpc) is 2.52. The van der Waals surface area contributed by atoms with Crippen LogP contribution in [0.1, 0.15) is 32.3 Å². The summed E-state index contributed by atoms with van der Waals surface area (Å²) in [6.45, 7) is 5.25. The Hall–Kier alpha value is -2.08. The molecule has 0 aliphatic heterocycles. The molecule has 0 radical (unpaired) electrons. The maximum atomic E-state index is 11.7. The van der Waals surface area contributed by atoms with Crippen LogP contribution in [-0.4, -0.2) is 38.7 Å². The van der Waals surface area contributed by atoms with Gasteiger partial charge in [-0.3, -0.25) is 9.79 Å². The van der Waals surface area contributed by atoms with E-state index in [0.717, 1.165) is 23.6 Å². The molecule has 128 valence electrons. The van der Waals surface area contributed by atoms with Crippen LogP contribution in [0.25, 0.3) is 0 Å². The van der Waals surface area contributed by atoms with Crippen molar-refractivity contribution in [3.63, 3.8) is 0 Å². The number of aliphatic imine (C=N–C) groups is 1. The van der Waals surface area contributed by atoms with Crippen molar-refractivity contribution in [2.24, 2.45) is 4.99 Å². The highest BCUT2D eigenvalue weighted by atomic mass is 16.5. The zero-order valence-electron chi connectivity index (χ0n) is 14.5. The number of hydrogen-bond acceptors (Lipinski definition) is 3. The lowest BCUT2D eigenvalue weighted by Gasteiger charge is -2.17. The Morgan fingerprint density at radius 3 is 2.83 bits per heavy atom. The Morgan fingerprint density at radius 1 is 1.39 bits per heavy atom. The van der Waals surface area contributed by atoms with Crippen molar-refractivity contribution >= 4 is 17.6 Å². The molecule has 6 nitrogen and oxygen atoms in total. The van der Waals surface area contributed by atoms with Gasteiger partial charge in [-0.2, -0.15) is 0 Å². The monoisotopic (exact) mass is 320 g/mol. The topological polar surface area (TPSA) is 74.8 Å². The first-order valence-corrected chi connectivity index (χ1v) is 7.94. The van der Waals surface area contributed by atoms with Crippen LogP contribution in [0.15, 0.2) is 29.3 Å². The van der Waals surface area contributed by atoms with Crippen LogP contribution in [0.3, 0.4) is 0 Å². The number of carbonyl (C=O) groups excluding carboxylic acids is 1. The predicted octanol–water partition coefficient (Wildman–Crippen LogP) is 2.13. The first-order valence-electron chi connectivity index (χ1n) is 7.94. The fourth-order valence-corrected chi connectivity index (χ4v) is 2.12. The largest absolute Gasteiger partial charge is 0.383 e. The van der Waals surface area contributed by atoms with Crippen molar-refractivity contribution in [1.29, 1.82) is 0 Å². The van der Waals surface area contributed by atoms with E-state index < -0.39 is 0 Å². The van der Waals surface area contributed by atoms with Gasteiger partial charge in [-0.15, -0.1) is 0 Å². The smallest absolute Gasteiger partial charge is 0.224 e. The zero-order valence-corrected chi connectivity index (χ0v) is 14.5. The molecule has 3 N–H and O–H groups in total. The summed E-state index contributed by atoms with van der Waals surface area (Å²) in [6.07, 6.45) is 1.38. The van der Waals surface area contributed by atoms with Gasteiger partial charge in [0.05, 0.1) is 6.61 Å². The first-order chi connectivity index (χ1) is 11.1. The van der Waals surface area contributed by atoms with Crippen molar-refractivity contribution in [1.82, 2.24) is 10.6 Å². The molecule has 0 spiro atoms. The molecule has 0 fully saturated rings. The van der Waals surface area contributed by atoms with Crippen LogP contribution in [-0.2, 0) is 16.1 Å². The second-order valence-corrected chi connectivity index (χ2v) is 5.43. The maximum Gasteiger partial charge on any atom is 0.224 e. The number of anilines is 1. The van der Waals surface area contributed by atoms with E-state index in [4.69, 9.17) is 4.74 Å². The number of amides is 1. The number of carbonyl (C=O) groups is 1. The van der Waals surface area contributed by atoms with Gasteiger partial charge in [-0.1, -0.05) is 19.1 Å². The third-order valence-electron chi connectivity index (χ3n) is 3.17. The molecule has 1 aromatic carbocycles. The summed E-state index contributed by atoms with van der Waals surface area (Å²) in [6, 6.07) is 7.97. The molecule has 0 aliphatic rings. The lowest BCUT2D eigenvalue weighted by Crippen LogP contribution is -2.43. The molecule has 23 heavy (non-hydrogen) atoms. The van der Waals surface area contributed by atoms with Crippen LogP contribution in [0.2, 0.25) is 0 Å². The molecule has 6 heteroatoms. The third-order valence-corrected chi connectivity index (χ3v) is 3.17.